The van der Waals surface area contributed by atoms with Crippen LogP contribution in [-0.4, -0.2) is 38.2 Å². The Hall–Kier alpha value is -3.16. The summed E-state index contributed by atoms with van der Waals surface area (Å²) in [6.45, 7) is 8.56. The molecule has 0 bridgehead atoms. The van der Waals surface area contributed by atoms with Crippen LogP contribution < -0.4 is 9.64 Å². The third-order valence-corrected chi connectivity index (χ3v) is 6.92. The van der Waals surface area contributed by atoms with Gasteiger partial charge in [0.15, 0.2) is 6.10 Å². The smallest absolute Gasteiger partial charge is 0.335 e. The van der Waals surface area contributed by atoms with Gasteiger partial charge in [0.25, 0.3) is 0 Å². The quantitative estimate of drug-likeness (QED) is 0.315. The molecule has 3 aromatic rings. The van der Waals surface area contributed by atoms with Gasteiger partial charge >= 0.3 is 5.97 Å². The van der Waals surface area contributed by atoms with Crippen LogP contribution in [0.5, 0.6) is 5.75 Å². The maximum atomic E-state index is 12.1. The number of esters is 1. The maximum Gasteiger partial charge on any atom is 0.335 e. The van der Waals surface area contributed by atoms with Gasteiger partial charge in [0.1, 0.15) is 12.4 Å². The highest BCUT2D eigenvalue weighted by Gasteiger charge is 2.20. The second kappa shape index (κ2) is 12.5. The van der Waals surface area contributed by atoms with Crippen LogP contribution in [-0.2, 0) is 32.1 Å². The van der Waals surface area contributed by atoms with E-state index < -0.39 is 6.10 Å². The zero-order valence-corrected chi connectivity index (χ0v) is 21.8. The molecule has 1 heterocycles. The lowest BCUT2D eigenvalue weighted by molar-refractivity contribution is -0.156. The number of rotatable bonds is 11. The normalized spacial score (nSPS) is 11.7. The van der Waals surface area contributed by atoms with Crippen LogP contribution in [0.25, 0.3) is 10.4 Å². The van der Waals surface area contributed by atoms with Gasteiger partial charge in [-0.1, -0.05) is 24.3 Å². The zero-order valence-electron chi connectivity index (χ0n) is 21.0. The molecule has 0 aliphatic carbocycles. The summed E-state index contributed by atoms with van der Waals surface area (Å²) in [4.78, 5) is 27.6. The summed E-state index contributed by atoms with van der Waals surface area (Å²) in [5, 5.41) is 0. The maximum absolute atomic E-state index is 12.1. The van der Waals surface area contributed by atoms with Gasteiger partial charge in [-0.3, -0.25) is 4.79 Å². The molecule has 1 amide bonds. The third-order valence-electron chi connectivity index (χ3n) is 5.66. The van der Waals surface area contributed by atoms with Crippen molar-refractivity contribution in [2.24, 2.45) is 0 Å². The Morgan fingerprint density at radius 1 is 1.00 bits per heavy atom. The number of thiophene rings is 1. The van der Waals surface area contributed by atoms with Crippen molar-refractivity contribution in [3.05, 3.63) is 70.6 Å². The summed E-state index contributed by atoms with van der Waals surface area (Å²) in [6.07, 6.45) is -0.141. The summed E-state index contributed by atoms with van der Waals surface area (Å²) in [6, 6.07) is 17.9. The van der Waals surface area contributed by atoms with E-state index in [1.54, 1.807) is 37.1 Å². The Kier molecular flexibility index (Phi) is 9.46. The van der Waals surface area contributed by atoms with Crippen molar-refractivity contribution in [3.8, 4) is 16.2 Å². The molecule has 2 aromatic carbocycles. The van der Waals surface area contributed by atoms with Gasteiger partial charge in [-0.2, -0.15) is 0 Å². The van der Waals surface area contributed by atoms with Crippen LogP contribution in [0.15, 0.2) is 54.6 Å². The van der Waals surface area contributed by atoms with Crippen molar-refractivity contribution in [1.82, 2.24) is 0 Å². The lowest BCUT2D eigenvalue weighted by Gasteiger charge is -2.15. The van der Waals surface area contributed by atoms with Crippen molar-refractivity contribution in [3.63, 3.8) is 0 Å². The number of aryl methyl sites for hydroxylation is 1. The highest BCUT2D eigenvalue weighted by Crippen LogP contribution is 2.33. The van der Waals surface area contributed by atoms with E-state index in [9.17, 15) is 9.59 Å². The van der Waals surface area contributed by atoms with E-state index in [2.05, 4.69) is 13.0 Å². The Labute approximate surface area is 211 Å². The second-order valence-electron chi connectivity index (χ2n) is 8.17. The first-order chi connectivity index (χ1) is 16.8. The number of hydrogen-bond acceptors (Lipinski definition) is 6. The SMILES string of the molecule is CCOC(=O)[C@H](Cc1ccc(OCc2sc(-c3ccc(N(C)C(C)=O)cc3)cc2C)cc1)OCC. The van der Waals surface area contributed by atoms with Gasteiger partial charge in [0.05, 0.1) is 6.61 Å². The van der Waals surface area contributed by atoms with Gasteiger partial charge < -0.3 is 19.1 Å². The number of ether oxygens (including phenoxy) is 3. The molecule has 1 atom stereocenters. The van der Waals surface area contributed by atoms with E-state index in [-0.39, 0.29) is 11.9 Å². The summed E-state index contributed by atoms with van der Waals surface area (Å²) in [5.41, 5.74) is 4.15. The largest absolute Gasteiger partial charge is 0.488 e. The fourth-order valence-electron chi connectivity index (χ4n) is 3.57. The molecule has 0 spiro atoms. The van der Waals surface area contributed by atoms with Crippen LogP contribution >= 0.6 is 11.3 Å². The van der Waals surface area contributed by atoms with E-state index in [1.807, 2.05) is 55.5 Å². The number of anilines is 1. The molecule has 0 saturated heterocycles. The van der Waals surface area contributed by atoms with Crippen LogP contribution in [0.3, 0.4) is 0 Å². The van der Waals surface area contributed by atoms with Crippen LogP contribution in [0.1, 0.15) is 36.8 Å². The molecular formula is C28H33NO5S. The Bertz CT molecular complexity index is 1120. The highest BCUT2D eigenvalue weighted by atomic mass is 32.1. The number of hydrogen-bond donors (Lipinski definition) is 0. The molecule has 35 heavy (non-hydrogen) atoms. The number of benzene rings is 2. The first-order valence-corrected chi connectivity index (χ1v) is 12.6. The molecule has 0 saturated carbocycles. The molecule has 0 fully saturated rings. The monoisotopic (exact) mass is 495 g/mol. The topological polar surface area (TPSA) is 65.1 Å². The Morgan fingerprint density at radius 3 is 2.29 bits per heavy atom. The molecule has 0 radical (unpaired) electrons. The fourth-order valence-corrected chi connectivity index (χ4v) is 4.66. The highest BCUT2D eigenvalue weighted by molar-refractivity contribution is 7.15. The summed E-state index contributed by atoms with van der Waals surface area (Å²) < 4.78 is 16.7. The van der Waals surface area contributed by atoms with Gasteiger partial charge in [-0.05, 0) is 67.8 Å². The van der Waals surface area contributed by atoms with Gasteiger partial charge in [-0.15, -0.1) is 11.3 Å². The summed E-state index contributed by atoms with van der Waals surface area (Å²) in [5.74, 6) is 0.438. The van der Waals surface area contributed by atoms with Crippen LogP contribution in [0.2, 0.25) is 0 Å². The number of carbonyl (C=O) groups excluding carboxylic acids is 2. The van der Waals surface area contributed by atoms with Gasteiger partial charge in [-0.25, -0.2) is 4.79 Å². The predicted octanol–water partition coefficient (Wildman–Crippen LogP) is 5.80. The standard InChI is InChI=1S/C28H33NO5S/c1-6-32-25(28(31)33-7-2)17-21-8-14-24(15-9-21)34-18-27-19(3)16-26(35-27)22-10-12-23(13-11-22)29(5)20(4)30/h8-16,25H,6-7,17-18H2,1-5H3/t25-/m0/s1. The summed E-state index contributed by atoms with van der Waals surface area (Å²) >= 11 is 1.70. The first kappa shape index (κ1) is 26.4. The van der Waals surface area contributed by atoms with Gasteiger partial charge in [0, 0.05) is 42.4 Å². The van der Waals surface area contributed by atoms with Crippen molar-refractivity contribution >= 4 is 28.9 Å². The van der Waals surface area contributed by atoms with E-state index in [1.165, 1.54) is 5.56 Å². The molecule has 3 rings (SSSR count). The van der Waals surface area contributed by atoms with Crippen molar-refractivity contribution in [1.29, 1.82) is 0 Å². The minimum absolute atomic E-state index is 0.00490. The van der Waals surface area contributed by atoms with Crippen LogP contribution in [0.4, 0.5) is 5.69 Å². The van der Waals surface area contributed by atoms with Crippen molar-refractivity contribution in [2.45, 2.75) is 46.8 Å². The molecule has 186 valence electrons. The van der Waals surface area contributed by atoms with E-state index >= 15 is 0 Å². The molecule has 0 unspecified atom stereocenters. The van der Waals surface area contributed by atoms with Crippen molar-refractivity contribution < 1.29 is 23.8 Å². The number of nitrogens with zero attached hydrogens (tertiary/aromatic N) is 1. The number of amides is 1. The average Bonchev–Trinajstić information content (AvgIpc) is 3.23. The number of carbonyl (C=O) groups is 2. The van der Waals surface area contributed by atoms with E-state index in [0.717, 1.165) is 32.3 Å². The van der Waals surface area contributed by atoms with Crippen LogP contribution in [0, 0.1) is 6.92 Å². The molecule has 0 N–H and O–H groups in total. The van der Waals surface area contributed by atoms with Gasteiger partial charge in [0.2, 0.25) is 5.91 Å². The minimum Gasteiger partial charge on any atom is -0.488 e. The fraction of sp³-hybridized carbons (Fsp3) is 0.357. The first-order valence-electron chi connectivity index (χ1n) is 11.8. The minimum atomic E-state index is -0.601. The zero-order chi connectivity index (χ0) is 25.4. The Balaban J connectivity index is 1.61. The lowest BCUT2D eigenvalue weighted by atomic mass is 10.1. The third kappa shape index (κ3) is 7.16. The second-order valence-corrected chi connectivity index (χ2v) is 9.31. The van der Waals surface area contributed by atoms with E-state index in [0.29, 0.717) is 26.2 Å². The average molecular weight is 496 g/mol. The Morgan fingerprint density at radius 2 is 1.69 bits per heavy atom. The van der Waals surface area contributed by atoms with E-state index in [4.69, 9.17) is 14.2 Å². The summed E-state index contributed by atoms with van der Waals surface area (Å²) in [7, 11) is 1.77. The van der Waals surface area contributed by atoms with Crippen molar-refractivity contribution in [2.75, 3.05) is 25.2 Å². The lowest BCUT2D eigenvalue weighted by Crippen LogP contribution is -2.28. The molecule has 1 aromatic heterocycles. The molecular weight excluding hydrogens is 462 g/mol. The molecule has 7 heteroatoms. The molecule has 0 aliphatic rings. The predicted molar refractivity (Wildman–Crippen MR) is 140 cm³/mol. The molecule has 0 aliphatic heterocycles. The molecule has 6 nitrogen and oxygen atoms in total.